The molecule has 1 aliphatic heterocycles. The number of allylic oxidation sites excluding steroid dienone is 1. The average molecular weight is 199 g/mol. The van der Waals surface area contributed by atoms with Crippen molar-refractivity contribution >= 4 is 5.90 Å². The molecular weight excluding hydrogens is 186 g/mol. The highest BCUT2D eigenvalue weighted by Gasteiger charge is 2.30. The smallest absolute Gasteiger partial charge is 0.217 e. The predicted octanol–water partition coefficient (Wildman–Crippen LogP) is 2.55. The minimum Gasteiger partial charge on any atom is -0.472 e. The van der Waals surface area contributed by atoms with Gasteiger partial charge in [-0.3, -0.25) is 0 Å². The normalized spacial score (nSPS) is 28.1. The van der Waals surface area contributed by atoms with Crippen LogP contribution in [0.5, 0.6) is 0 Å². The molecule has 0 radical (unpaired) electrons. The fourth-order valence-corrected chi connectivity index (χ4v) is 2.08. The van der Waals surface area contributed by atoms with Crippen molar-refractivity contribution in [3.63, 3.8) is 0 Å². The lowest BCUT2D eigenvalue weighted by molar-refractivity contribution is 0.191. The molecule has 1 aromatic rings. The minimum atomic E-state index is 0.244. The van der Waals surface area contributed by atoms with E-state index in [-0.39, 0.29) is 12.1 Å². The van der Waals surface area contributed by atoms with Crippen LogP contribution in [0.1, 0.15) is 18.4 Å². The number of benzene rings is 1. The first kappa shape index (κ1) is 8.72. The topological polar surface area (TPSA) is 21.6 Å². The Morgan fingerprint density at radius 2 is 2.07 bits per heavy atom. The first-order valence-corrected chi connectivity index (χ1v) is 5.40. The second kappa shape index (κ2) is 3.54. The molecule has 2 nitrogen and oxygen atoms in total. The SMILES string of the molecule is C1=C[C@@H]2N=C(c3ccccc3)O[C@@H]2CC1. The second-order valence-corrected chi connectivity index (χ2v) is 3.95. The van der Waals surface area contributed by atoms with Crippen molar-refractivity contribution < 1.29 is 4.74 Å². The van der Waals surface area contributed by atoms with Crippen LogP contribution in [-0.2, 0) is 4.74 Å². The average Bonchev–Trinajstić information content (AvgIpc) is 2.74. The van der Waals surface area contributed by atoms with Crippen molar-refractivity contribution in [2.24, 2.45) is 4.99 Å². The van der Waals surface area contributed by atoms with Crippen molar-refractivity contribution in [1.29, 1.82) is 0 Å². The monoisotopic (exact) mass is 199 g/mol. The van der Waals surface area contributed by atoms with Crippen LogP contribution in [0.2, 0.25) is 0 Å². The molecule has 15 heavy (non-hydrogen) atoms. The van der Waals surface area contributed by atoms with Crippen LogP contribution < -0.4 is 0 Å². The molecule has 2 atom stereocenters. The summed E-state index contributed by atoms with van der Waals surface area (Å²) in [7, 11) is 0. The largest absolute Gasteiger partial charge is 0.472 e. The fraction of sp³-hybridized carbons (Fsp3) is 0.308. The van der Waals surface area contributed by atoms with E-state index in [2.05, 4.69) is 17.1 Å². The zero-order valence-corrected chi connectivity index (χ0v) is 8.47. The van der Waals surface area contributed by atoms with Gasteiger partial charge in [0, 0.05) is 5.56 Å². The maximum absolute atomic E-state index is 5.85. The summed E-state index contributed by atoms with van der Waals surface area (Å²) >= 11 is 0. The quantitative estimate of drug-likeness (QED) is 0.637. The molecule has 2 aliphatic rings. The highest BCUT2D eigenvalue weighted by molar-refractivity contribution is 5.95. The van der Waals surface area contributed by atoms with Gasteiger partial charge in [0.2, 0.25) is 5.90 Å². The van der Waals surface area contributed by atoms with Gasteiger partial charge in [-0.2, -0.15) is 0 Å². The number of ether oxygens (including phenoxy) is 1. The summed E-state index contributed by atoms with van der Waals surface area (Å²) in [6, 6.07) is 10.4. The molecule has 1 aromatic carbocycles. The van der Waals surface area contributed by atoms with Gasteiger partial charge in [-0.15, -0.1) is 0 Å². The van der Waals surface area contributed by atoms with Crippen molar-refractivity contribution in [1.82, 2.24) is 0 Å². The van der Waals surface area contributed by atoms with Gasteiger partial charge in [0.25, 0.3) is 0 Å². The van der Waals surface area contributed by atoms with E-state index in [0.717, 1.165) is 24.3 Å². The molecular formula is C13H13NO. The van der Waals surface area contributed by atoms with Crippen LogP contribution in [0.25, 0.3) is 0 Å². The number of hydrogen-bond donors (Lipinski definition) is 0. The summed E-state index contributed by atoms with van der Waals surface area (Å²) in [5.41, 5.74) is 1.08. The van der Waals surface area contributed by atoms with Gasteiger partial charge in [-0.25, -0.2) is 4.99 Å². The summed E-state index contributed by atoms with van der Waals surface area (Å²) in [5.74, 6) is 0.803. The standard InChI is InChI=1S/C13H13NO/c1-2-6-10(7-3-1)13-14-11-8-4-5-9-12(11)15-13/h1-4,6-8,11-12H,5,9H2/t11-,12+/m0/s1. The molecule has 76 valence electrons. The predicted molar refractivity (Wildman–Crippen MR) is 60.0 cm³/mol. The zero-order valence-electron chi connectivity index (χ0n) is 8.47. The molecule has 0 spiro atoms. The van der Waals surface area contributed by atoms with Crippen LogP contribution >= 0.6 is 0 Å². The molecule has 0 amide bonds. The molecule has 2 heteroatoms. The van der Waals surface area contributed by atoms with E-state index < -0.39 is 0 Å². The van der Waals surface area contributed by atoms with Gasteiger partial charge >= 0.3 is 0 Å². The third kappa shape index (κ3) is 1.56. The van der Waals surface area contributed by atoms with E-state index in [0.29, 0.717) is 0 Å². The van der Waals surface area contributed by atoms with E-state index in [1.54, 1.807) is 0 Å². The Labute approximate surface area is 89.3 Å². The molecule has 0 saturated carbocycles. The Morgan fingerprint density at radius 3 is 2.87 bits per heavy atom. The summed E-state index contributed by atoms with van der Waals surface area (Å²) in [4.78, 5) is 4.59. The van der Waals surface area contributed by atoms with Crippen molar-refractivity contribution in [3.05, 3.63) is 48.0 Å². The Balaban J connectivity index is 1.88. The molecule has 0 unspecified atom stereocenters. The molecule has 0 bridgehead atoms. The Bertz CT molecular complexity index is 408. The first-order valence-electron chi connectivity index (χ1n) is 5.40. The molecule has 0 N–H and O–H groups in total. The molecule has 0 fully saturated rings. The van der Waals surface area contributed by atoms with Gasteiger partial charge in [-0.1, -0.05) is 30.4 Å². The Morgan fingerprint density at radius 1 is 1.20 bits per heavy atom. The Hall–Kier alpha value is -1.57. The number of hydrogen-bond acceptors (Lipinski definition) is 2. The van der Waals surface area contributed by atoms with Crippen LogP contribution in [-0.4, -0.2) is 18.0 Å². The van der Waals surface area contributed by atoms with Crippen molar-refractivity contribution in [2.45, 2.75) is 25.0 Å². The third-order valence-corrected chi connectivity index (χ3v) is 2.88. The lowest BCUT2D eigenvalue weighted by Crippen LogP contribution is -2.22. The van der Waals surface area contributed by atoms with E-state index in [1.165, 1.54) is 0 Å². The number of fused-ring (bicyclic) bond motifs is 1. The van der Waals surface area contributed by atoms with E-state index >= 15 is 0 Å². The molecule has 0 aromatic heterocycles. The van der Waals surface area contributed by atoms with Crippen molar-refractivity contribution in [3.8, 4) is 0 Å². The highest BCUT2D eigenvalue weighted by atomic mass is 16.5. The number of aliphatic imine (C=N–C) groups is 1. The summed E-state index contributed by atoms with van der Waals surface area (Å²) in [5, 5.41) is 0. The van der Waals surface area contributed by atoms with Gasteiger partial charge in [0.15, 0.2) is 0 Å². The van der Waals surface area contributed by atoms with Gasteiger partial charge in [-0.05, 0) is 25.0 Å². The molecule has 1 aliphatic carbocycles. The fourth-order valence-electron chi connectivity index (χ4n) is 2.08. The van der Waals surface area contributed by atoms with E-state index in [4.69, 9.17) is 4.74 Å². The lowest BCUT2D eigenvalue weighted by atomic mass is 10.0. The van der Waals surface area contributed by atoms with E-state index in [9.17, 15) is 0 Å². The number of rotatable bonds is 1. The summed E-state index contributed by atoms with van der Waals surface area (Å²) < 4.78 is 5.85. The van der Waals surface area contributed by atoms with Gasteiger partial charge in [0.1, 0.15) is 12.1 Å². The van der Waals surface area contributed by atoms with Gasteiger partial charge in [0.05, 0.1) is 0 Å². The van der Waals surface area contributed by atoms with Crippen LogP contribution in [0.4, 0.5) is 0 Å². The third-order valence-electron chi connectivity index (χ3n) is 2.88. The maximum Gasteiger partial charge on any atom is 0.217 e. The highest BCUT2D eigenvalue weighted by Crippen LogP contribution is 2.25. The van der Waals surface area contributed by atoms with Gasteiger partial charge < -0.3 is 4.74 Å². The molecule has 1 heterocycles. The maximum atomic E-state index is 5.85. The molecule has 0 saturated heterocycles. The summed E-state index contributed by atoms with van der Waals surface area (Å²) in [6.07, 6.45) is 6.82. The lowest BCUT2D eigenvalue weighted by Gasteiger charge is -2.17. The molecule has 3 rings (SSSR count). The van der Waals surface area contributed by atoms with Crippen LogP contribution in [0.3, 0.4) is 0 Å². The second-order valence-electron chi connectivity index (χ2n) is 3.95. The van der Waals surface area contributed by atoms with Crippen LogP contribution in [0.15, 0.2) is 47.5 Å². The first-order chi connectivity index (χ1) is 7.43. The zero-order chi connectivity index (χ0) is 10.1. The summed E-state index contributed by atoms with van der Waals surface area (Å²) in [6.45, 7) is 0. The van der Waals surface area contributed by atoms with Crippen LogP contribution in [0, 0.1) is 0 Å². The minimum absolute atomic E-state index is 0.244. The number of nitrogens with zero attached hydrogens (tertiary/aromatic N) is 1. The van der Waals surface area contributed by atoms with E-state index in [1.807, 2.05) is 30.3 Å². The Kier molecular flexibility index (Phi) is 2.05. The van der Waals surface area contributed by atoms with Crippen molar-refractivity contribution in [2.75, 3.05) is 0 Å².